The average Bonchev–Trinajstić information content (AvgIpc) is 2.71. The molecule has 1 fully saturated rings. The molecule has 0 radical (unpaired) electrons. The number of furan rings is 1. The Hall–Kier alpha value is -1.33. The molecule has 2 N–H and O–H groups in total. The van der Waals surface area contributed by atoms with Gasteiger partial charge in [0.2, 0.25) is 5.76 Å². The minimum absolute atomic E-state index is 0.0362. The molecule has 19 heavy (non-hydrogen) atoms. The van der Waals surface area contributed by atoms with E-state index in [0.29, 0.717) is 17.9 Å². The monoisotopic (exact) mass is 267 g/mol. The van der Waals surface area contributed by atoms with Gasteiger partial charge in [-0.1, -0.05) is 6.92 Å². The van der Waals surface area contributed by atoms with E-state index in [1.54, 1.807) is 13.0 Å². The van der Waals surface area contributed by atoms with Gasteiger partial charge in [0.25, 0.3) is 0 Å². The summed E-state index contributed by atoms with van der Waals surface area (Å²) in [5, 5.41) is 12.3. The molecule has 1 aliphatic rings. The Morgan fingerprint density at radius 1 is 1.47 bits per heavy atom. The lowest BCUT2D eigenvalue weighted by Crippen LogP contribution is -2.36. The van der Waals surface area contributed by atoms with Gasteiger partial charge < -0.3 is 19.6 Å². The smallest absolute Gasteiger partial charge is 0.372 e. The van der Waals surface area contributed by atoms with E-state index in [2.05, 4.69) is 12.2 Å². The summed E-state index contributed by atoms with van der Waals surface area (Å²) in [5.41, 5.74) is 0.928. The number of nitrogens with one attached hydrogen (secondary N) is 1. The predicted octanol–water partition coefficient (Wildman–Crippen LogP) is 2.19. The van der Waals surface area contributed by atoms with Crippen molar-refractivity contribution in [1.82, 2.24) is 5.32 Å². The van der Waals surface area contributed by atoms with Gasteiger partial charge in [0, 0.05) is 25.3 Å². The summed E-state index contributed by atoms with van der Waals surface area (Å²) < 4.78 is 10.7. The molecule has 106 valence electrons. The van der Waals surface area contributed by atoms with Crippen LogP contribution >= 0.6 is 0 Å². The summed E-state index contributed by atoms with van der Waals surface area (Å²) in [6.07, 6.45) is 2.11. The van der Waals surface area contributed by atoms with E-state index in [0.717, 1.165) is 32.6 Å². The number of hydrogen-bond donors (Lipinski definition) is 2. The topological polar surface area (TPSA) is 71.7 Å². The molecule has 1 aromatic rings. The van der Waals surface area contributed by atoms with Crippen molar-refractivity contribution in [3.05, 3.63) is 23.2 Å². The van der Waals surface area contributed by atoms with Crippen LogP contribution in [0.4, 0.5) is 0 Å². The van der Waals surface area contributed by atoms with E-state index in [9.17, 15) is 4.79 Å². The molecule has 1 saturated heterocycles. The molecule has 1 aliphatic heterocycles. The molecule has 5 heteroatoms. The molecule has 0 saturated carbocycles. The zero-order valence-electron chi connectivity index (χ0n) is 11.5. The second-order valence-corrected chi connectivity index (χ2v) is 5.56. The van der Waals surface area contributed by atoms with Crippen LogP contribution in [0.3, 0.4) is 0 Å². The fourth-order valence-electron chi connectivity index (χ4n) is 2.38. The number of aryl methyl sites for hydroxylation is 1. The first-order chi connectivity index (χ1) is 9.00. The highest BCUT2D eigenvalue weighted by atomic mass is 16.5. The number of hydrogen-bond acceptors (Lipinski definition) is 4. The standard InChI is InChI=1S/C14H21NO4/c1-10-7-11(19-12(10)13(16)17)8-15-9-14(2)3-5-18-6-4-14/h7,15H,3-6,8-9H2,1-2H3,(H,16,17). The van der Waals surface area contributed by atoms with Crippen LogP contribution in [0.2, 0.25) is 0 Å². The number of carbonyl (C=O) groups is 1. The van der Waals surface area contributed by atoms with Crippen molar-refractivity contribution in [1.29, 1.82) is 0 Å². The highest BCUT2D eigenvalue weighted by Crippen LogP contribution is 2.28. The van der Waals surface area contributed by atoms with Gasteiger partial charge in [-0.25, -0.2) is 4.79 Å². The summed E-state index contributed by atoms with van der Waals surface area (Å²) in [7, 11) is 0. The third-order valence-corrected chi connectivity index (χ3v) is 3.71. The fourth-order valence-corrected chi connectivity index (χ4v) is 2.38. The molecule has 0 amide bonds. The van der Waals surface area contributed by atoms with Crippen molar-refractivity contribution in [3.8, 4) is 0 Å². The van der Waals surface area contributed by atoms with Crippen LogP contribution in [-0.4, -0.2) is 30.8 Å². The molecule has 0 bridgehead atoms. The van der Waals surface area contributed by atoms with Gasteiger partial charge in [0.05, 0.1) is 6.54 Å². The van der Waals surface area contributed by atoms with Crippen LogP contribution in [0.1, 0.15) is 41.6 Å². The Bertz CT molecular complexity index is 446. The minimum atomic E-state index is -1.01. The Balaban J connectivity index is 1.85. The molecule has 0 aromatic carbocycles. The predicted molar refractivity (Wildman–Crippen MR) is 70.3 cm³/mol. The number of rotatable bonds is 5. The Morgan fingerprint density at radius 2 is 2.16 bits per heavy atom. The molecular weight excluding hydrogens is 246 g/mol. The molecule has 0 spiro atoms. The van der Waals surface area contributed by atoms with Gasteiger partial charge >= 0.3 is 5.97 Å². The van der Waals surface area contributed by atoms with Gasteiger partial charge in [-0.15, -0.1) is 0 Å². The lowest BCUT2D eigenvalue weighted by atomic mass is 9.82. The second-order valence-electron chi connectivity index (χ2n) is 5.56. The zero-order chi connectivity index (χ0) is 13.9. The van der Waals surface area contributed by atoms with Crippen molar-refractivity contribution in [2.45, 2.75) is 33.2 Å². The third kappa shape index (κ3) is 3.58. The quantitative estimate of drug-likeness (QED) is 0.855. The molecule has 0 unspecified atom stereocenters. The molecule has 2 rings (SSSR count). The SMILES string of the molecule is Cc1cc(CNCC2(C)CCOCC2)oc1C(=O)O. The van der Waals surface area contributed by atoms with Crippen LogP contribution in [-0.2, 0) is 11.3 Å². The summed E-state index contributed by atoms with van der Waals surface area (Å²) in [6, 6.07) is 1.78. The van der Waals surface area contributed by atoms with Gasteiger partial charge in [-0.3, -0.25) is 0 Å². The third-order valence-electron chi connectivity index (χ3n) is 3.71. The first-order valence-electron chi connectivity index (χ1n) is 6.61. The van der Waals surface area contributed by atoms with Crippen molar-refractivity contribution in [3.63, 3.8) is 0 Å². The summed E-state index contributed by atoms with van der Waals surface area (Å²) in [5.74, 6) is -0.306. The Morgan fingerprint density at radius 3 is 2.74 bits per heavy atom. The van der Waals surface area contributed by atoms with Crippen molar-refractivity contribution < 1.29 is 19.1 Å². The number of carboxylic acids is 1. The zero-order valence-corrected chi connectivity index (χ0v) is 11.5. The summed E-state index contributed by atoms with van der Waals surface area (Å²) in [4.78, 5) is 10.9. The van der Waals surface area contributed by atoms with E-state index >= 15 is 0 Å². The largest absolute Gasteiger partial charge is 0.475 e. The maximum absolute atomic E-state index is 10.9. The van der Waals surface area contributed by atoms with E-state index < -0.39 is 5.97 Å². The van der Waals surface area contributed by atoms with Crippen LogP contribution < -0.4 is 5.32 Å². The molecular formula is C14H21NO4. The van der Waals surface area contributed by atoms with E-state index in [1.165, 1.54) is 0 Å². The van der Waals surface area contributed by atoms with Crippen LogP contribution in [0.5, 0.6) is 0 Å². The average molecular weight is 267 g/mol. The molecule has 0 aliphatic carbocycles. The van der Waals surface area contributed by atoms with Crippen LogP contribution in [0.25, 0.3) is 0 Å². The van der Waals surface area contributed by atoms with E-state index in [1.807, 2.05) is 0 Å². The maximum Gasteiger partial charge on any atom is 0.372 e. The van der Waals surface area contributed by atoms with Gasteiger partial charge in [0.15, 0.2) is 0 Å². The Kier molecular flexibility index (Phi) is 4.27. The van der Waals surface area contributed by atoms with E-state index in [4.69, 9.17) is 14.3 Å². The van der Waals surface area contributed by atoms with Gasteiger partial charge in [0.1, 0.15) is 5.76 Å². The van der Waals surface area contributed by atoms with Crippen molar-refractivity contribution in [2.75, 3.05) is 19.8 Å². The van der Waals surface area contributed by atoms with Crippen molar-refractivity contribution >= 4 is 5.97 Å². The van der Waals surface area contributed by atoms with Crippen LogP contribution in [0, 0.1) is 12.3 Å². The first-order valence-corrected chi connectivity index (χ1v) is 6.61. The lowest BCUT2D eigenvalue weighted by molar-refractivity contribution is 0.0238. The van der Waals surface area contributed by atoms with E-state index in [-0.39, 0.29) is 11.2 Å². The minimum Gasteiger partial charge on any atom is -0.475 e. The number of ether oxygens (including phenoxy) is 1. The maximum atomic E-state index is 10.9. The van der Waals surface area contributed by atoms with Crippen LogP contribution in [0.15, 0.2) is 10.5 Å². The van der Waals surface area contributed by atoms with Gasteiger partial charge in [-0.2, -0.15) is 0 Å². The van der Waals surface area contributed by atoms with Crippen molar-refractivity contribution in [2.24, 2.45) is 5.41 Å². The Labute approximate surface area is 112 Å². The van der Waals surface area contributed by atoms with Gasteiger partial charge in [-0.05, 0) is 31.2 Å². The molecule has 2 heterocycles. The normalized spacial score (nSPS) is 18.4. The first kappa shape index (κ1) is 14.1. The fraction of sp³-hybridized carbons (Fsp3) is 0.643. The molecule has 5 nitrogen and oxygen atoms in total. The highest BCUT2D eigenvalue weighted by Gasteiger charge is 2.26. The number of carboxylic acid groups (broad SMARTS) is 1. The lowest BCUT2D eigenvalue weighted by Gasteiger charge is -2.33. The highest BCUT2D eigenvalue weighted by molar-refractivity contribution is 5.86. The molecule has 1 aromatic heterocycles. The second kappa shape index (κ2) is 5.75. The summed E-state index contributed by atoms with van der Waals surface area (Å²) in [6.45, 7) is 7.08. The summed E-state index contributed by atoms with van der Waals surface area (Å²) >= 11 is 0. The number of aromatic carboxylic acids is 1. The molecule has 0 atom stereocenters.